The molecule has 0 unspecified atom stereocenters. The Balaban J connectivity index is 2.26. The maximum absolute atomic E-state index is 10.5. The van der Waals surface area contributed by atoms with Crippen LogP contribution in [-0.2, 0) is 4.79 Å². The lowest BCUT2D eigenvalue weighted by Crippen LogP contribution is -2.20. The van der Waals surface area contributed by atoms with Gasteiger partial charge in [0.1, 0.15) is 0 Å². The van der Waals surface area contributed by atoms with Gasteiger partial charge in [-0.05, 0) is 38.0 Å². The van der Waals surface area contributed by atoms with Crippen molar-refractivity contribution < 1.29 is 25.2 Å². The zero-order valence-electron chi connectivity index (χ0n) is 15.4. The molecule has 0 amide bonds. The standard InChI is InChI=1S/C20H36O5/c21-14-10-6-2-1-3-7-11-16-17(19(23)15-18(16)22)12-8-4-5-9-13-20(24)25/h7,11,16-19,21-23H,1-6,8-10,12-15H2,(H,24,25)/t16-,17-,18-,19+/m1/s1. The van der Waals surface area contributed by atoms with Gasteiger partial charge in [0.25, 0.3) is 0 Å². The molecule has 1 rings (SSSR count). The lowest BCUT2D eigenvalue weighted by molar-refractivity contribution is -0.137. The van der Waals surface area contributed by atoms with Crippen molar-refractivity contribution in [3.05, 3.63) is 12.2 Å². The van der Waals surface area contributed by atoms with Crippen molar-refractivity contribution in [3.63, 3.8) is 0 Å². The quantitative estimate of drug-likeness (QED) is 0.283. The highest BCUT2D eigenvalue weighted by Gasteiger charge is 2.39. The molecule has 0 aliphatic heterocycles. The first kappa shape index (κ1) is 22.1. The summed E-state index contributed by atoms with van der Waals surface area (Å²) in [5.41, 5.74) is 0. The summed E-state index contributed by atoms with van der Waals surface area (Å²) in [5.74, 6) is -0.595. The van der Waals surface area contributed by atoms with Crippen LogP contribution in [0.5, 0.6) is 0 Å². The Bertz CT molecular complexity index is 382. The molecule has 0 heterocycles. The molecule has 1 aliphatic carbocycles. The molecule has 0 saturated heterocycles. The van der Waals surface area contributed by atoms with E-state index in [1.165, 1.54) is 0 Å². The molecule has 25 heavy (non-hydrogen) atoms. The minimum absolute atomic E-state index is 0.0338. The number of aliphatic hydroxyl groups excluding tert-OH is 3. The van der Waals surface area contributed by atoms with E-state index in [0.717, 1.165) is 57.8 Å². The summed E-state index contributed by atoms with van der Waals surface area (Å²) in [6.07, 6.45) is 13.6. The molecular weight excluding hydrogens is 320 g/mol. The molecule has 4 atom stereocenters. The molecule has 0 spiro atoms. The molecule has 0 radical (unpaired) electrons. The van der Waals surface area contributed by atoms with Crippen LogP contribution in [0.2, 0.25) is 0 Å². The van der Waals surface area contributed by atoms with Gasteiger partial charge in [-0.25, -0.2) is 0 Å². The Morgan fingerprint density at radius 3 is 2.32 bits per heavy atom. The van der Waals surface area contributed by atoms with E-state index in [1.807, 2.05) is 0 Å². The predicted octanol–water partition coefficient (Wildman–Crippen LogP) is 3.27. The summed E-state index contributed by atoms with van der Waals surface area (Å²) >= 11 is 0. The third-order valence-electron chi connectivity index (χ3n) is 5.23. The van der Waals surface area contributed by atoms with Gasteiger partial charge in [-0.2, -0.15) is 0 Å². The molecule has 1 fully saturated rings. The number of carboxylic acids is 1. The van der Waals surface area contributed by atoms with Gasteiger partial charge in [-0.1, -0.05) is 44.3 Å². The van der Waals surface area contributed by atoms with Crippen molar-refractivity contribution in [2.75, 3.05) is 6.61 Å². The highest BCUT2D eigenvalue weighted by Crippen LogP contribution is 2.37. The first-order valence-corrected chi connectivity index (χ1v) is 9.91. The minimum Gasteiger partial charge on any atom is -0.481 e. The molecule has 0 aromatic carbocycles. The Labute approximate surface area is 151 Å². The fourth-order valence-corrected chi connectivity index (χ4v) is 3.77. The molecule has 0 bridgehead atoms. The van der Waals surface area contributed by atoms with E-state index < -0.39 is 18.2 Å². The Kier molecular flexibility index (Phi) is 11.8. The van der Waals surface area contributed by atoms with Gasteiger partial charge in [0, 0.05) is 25.4 Å². The van der Waals surface area contributed by atoms with Crippen molar-refractivity contribution in [2.45, 2.75) is 89.3 Å². The van der Waals surface area contributed by atoms with E-state index in [-0.39, 0.29) is 24.9 Å². The summed E-state index contributed by atoms with van der Waals surface area (Å²) in [4.78, 5) is 10.5. The van der Waals surface area contributed by atoms with Crippen LogP contribution in [0.4, 0.5) is 0 Å². The Morgan fingerprint density at radius 2 is 1.60 bits per heavy atom. The van der Waals surface area contributed by atoms with Crippen LogP contribution in [0, 0.1) is 11.8 Å². The van der Waals surface area contributed by atoms with Crippen LogP contribution in [-0.4, -0.2) is 45.2 Å². The van der Waals surface area contributed by atoms with E-state index in [0.29, 0.717) is 12.8 Å². The summed E-state index contributed by atoms with van der Waals surface area (Å²) in [7, 11) is 0. The van der Waals surface area contributed by atoms with E-state index in [9.17, 15) is 15.0 Å². The molecular formula is C20H36O5. The normalized spacial score (nSPS) is 26.5. The van der Waals surface area contributed by atoms with Gasteiger partial charge in [-0.15, -0.1) is 0 Å². The number of carboxylic acid groups (broad SMARTS) is 1. The highest BCUT2D eigenvalue weighted by molar-refractivity contribution is 5.66. The second kappa shape index (κ2) is 13.3. The second-order valence-corrected chi connectivity index (χ2v) is 7.31. The predicted molar refractivity (Wildman–Crippen MR) is 98.3 cm³/mol. The largest absolute Gasteiger partial charge is 0.481 e. The molecule has 5 nitrogen and oxygen atoms in total. The number of hydrogen-bond acceptors (Lipinski definition) is 4. The number of allylic oxidation sites excluding steroid dienone is 1. The van der Waals surface area contributed by atoms with Crippen molar-refractivity contribution in [3.8, 4) is 0 Å². The second-order valence-electron chi connectivity index (χ2n) is 7.31. The maximum Gasteiger partial charge on any atom is 0.303 e. The van der Waals surface area contributed by atoms with Gasteiger partial charge < -0.3 is 20.4 Å². The smallest absolute Gasteiger partial charge is 0.303 e. The summed E-state index contributed by atoms with van der Waals surface area (Å²) in [6.45, 7) is 0.264. The van der Waals surface area contributed by atoms with Gasteiger partial charge in [0.2, 0.25) is 0 Å². The Morgan fingerprint density at radius 1 is 0.920 bits per heavy atom. The van der Waals surface area contributed by atoms with E-state index in [2.05, 4.69) is 12.2 Å². The fourth-order valence-electron chi connectivity index (χ4n) is 3.77. The van der Waals surface area contributed by atoms with Crippen molar-refractivity contribution in [1.82, 2.24) is 0 Å². The van der Waals surface area contributed by atoms with Crippen LogP contribution in [0.25, 0.3) is 0 Å². The number of aliphatic carboxylic acids is 1. The van der Waals surface area contributed by atoms with Crippen LogP contribution in [0.1, 0.15) is 77.0 Å². The number of rotatable bonds is 14. The summed E-state index contributed by atoms with van der Waals surface area (Å²) in [5, 5.41) is 37.8. The first-order chi connectivity index (χ1) is 12.1. The van der Waals surface area contributed by atoms with Crippen LogP contribution in [0.15, 0.2) is 12.2 Å². The molecule has 1 aliphatic rings. The van der Waals surface area contributed by atoms with Gasteiger partial charge in [0.15, 0.2) is 0 Å². The van der Waals surface area contributed by atoms with Crippen molar-refractivity contribution in [2.24, 2.45) is 11.8 Å². The minimum atomic E-state index is -0.740. The summed E-state index contributed by atoms with van der Waals surface area (Å²) < 4.78 is 0. The van der Waals surface area contributed by atoms with Crippen LogP contribution in [0.3, 0.4) is 0 Å². The molecule has 146 valence electrons. The third-order valence-corrected chi connectivity index (χ3v) is 5.23. The number of carbonyl (C=O) groups is 1. The highest BCUT2D eigenvalue weighted by atomic mass is 16.4. The maximum atomic E-state index is 10.5. The van der Waals surface area contributed by atoms with E-state index >= 15 is 0 Å². The average molecular weight is 357 g/mol. The van der Waals surface area contributed by atoms with Crippen LogP contribution >= 0.6 is 0 Å². The zero-order valence-corrected chi connectivity index (χ0v) is 15.4. The van der Waals surface area contributed by atoms with E-state index in [1.54, 1.807) is 0 Å². The molecule has 1 saturated carbocycles. The lowest BCUT2D eigenvalue weighted by atomic mass is 9.88. The van der Waals surface area contributed by atoms with Gasteiger partial charge in [-0.3, -0.25) is 4.79 Å². The lowest BCUT2D eigenvalue weighted by Gasteiger charge is -2.20. The molecule has 0 aromatic rings. The van der Waals surface area contributed by atoms with E-state index in [4.69, 9.17) is 10.2 Å². The van der Waals surface area contributed by atoms with Crippen LogP contribution < -0.4 is 0 Å². The SMILES string of the molecule is O=C(O)CCCCCC[C@@H]1[C@@H](C=CCCCCCCO)[C@H](O)C[C@@H]1O. The van der Waals surface area contributed by atoms with Crippen molar-refractivity contribution in [1.29, 1.82) is 0 Å². The molecule has 0 aromatic heterocycles. The first-order valence-electron chi connectivity index (χ1n) is 9.91. The Hall–Kier alpha value is -0.910. The number of hydrogen-bond donors (Lipinski definition) is 4. The number of unbranched alkanes of at least 4 members (excludes halogenated alkanes) is 7. The van der Waals surface area contributed by atoms with Gasteiger partial charge >= 0.3 is 5.97 Å². The third kappa shape index (κ3) is 9.38. The number of aliphatic hydroxyl groups is 3. The molecule has 4 N–H and O–H groups in total. The molecule has 5 heteroatoms. The topological polar surface area (TPSA) is 98.0 Å². The zero-order chi connectivity index (χ0) is 18.5. The van der Waals surface area contributed by atoms with Crippen molar-refractivity contribution >= 4 is 5.97 Å². The fraction of sp³-hybridized carbons (Fsp3) is 0.850. The average Bonchev–Trinajstić information content (AvgIpc) is 2.83. The monoisotopic (exact) mass is 356 g/mol. The van der Waals surface area contributed by atoms with Gasteiger partial charge in [0.05, 0.1) is 12.2 Å². The summed E-state index contributed by atoms with van der Waals surface area (Å²) in [6, 6.07) is 0.